The molecule has 2 saturated carbocycles. The van der Waals surface area contributed by atoms with Crippen LogP contribution in [0, 0.1) is 5.41 Å². The first-order valence-corrected chi connectivity index (χ1v) is 12.7. The highest BCUT2D eigenvalue weighted by Gasteiger charge is 2.50. The average molecular weight is 410 g/mol. The summed E-state index contributed by atoms with van der Waals surface area (Å²) in [6.45, 7) is 9.52. The van der Waals surface area contributed by atoms with E-state index in [9.17, 15) is 0 Å². The van der Waals surface area contributed by atoms with E-state index in [2.05, 4.69) is 40.9 Å². The molecule has 6 rings (SSSR count). The van der Waals surface area contributed by atoms with Gasteiger partial charge in [-0.1, -0.05) is 6.42 Å². The van der Waals surface area contributed by atoms with Crippen LogP contribution in [0.25, 0.3) is 0 Å². The summed E-state index contributed by atoms with van der Waals surface area (Å²) < 4.78 is 0. The largest absolute Gasteiger partial charge is 0.332 e. The number of piperazine rings is 1. The van der Waals surface area contributed by atoms with Crippen LogP contribution in [-0.2, 0) is 0 Å². The Hall–Kier alpha value is -1.20. The number of aromatic nitrogens is 2. The van der Waals surface area contributed by atoms with Crippen molar-refractivity contribution in [3.05, 3.63) is 18.0 Å². The fraction of sp³-hybridized carbons (Fsp3) is 0.840. The zero-order valence-corrected chi connectivity index (χ0v) is 19.0. The molecule has 0 radical (unpaired) electrons. The summed E-state index contributed by atoms with van der Waals surface area (Å²) in [7, 11) is 0. The normalized spacial score (nSPS) is 32.6. The molecule has 5 fully saturated rings. The van der Waals surface area contributed by atoms with E-state index in [1.165, 1.54) is 89.5 Å². The molecule has 2 aliphatic carbocycles. The lowest BCUT2D eigenvalue weighted by Crippen LogP contribution is -2.56. The number of anilines is 1. The Morgan fingerprint density at radius 1 is 0.900 bits per heavy atom. The molecule has 30 heavy (non-hydrogen) atoms. The van der Waals surface area contributed by atoms with Gasteiger partial charge in [-0.25, -0.2) is 9.97 Å². The van der Waals surface area contributed by atoms with Gasteiger partial charge in [-0.3, -0.25) is 4.90 Å². The minimum atomic E-state index is 0.599. The van der Waals surface area contributed by atoms with Gasteiger partial charge in [0.05, 0.1) is 0 Å². The van der Waals surface area contributed by atoms with Crippen molar-refractivity contribution in [1.29, 1.82) is 0 Å². The molecule has 4 heterocycles. The first-order valence-electron chi connectivity index (χ1n) is 12.7. The number of likely N-dealkylation sites (tertiary alicyclic amines) is 2. The molecule has 1 aromatic heterocycles. The molecule has 5 heteroatoms. The van der Waals surface area contributed by atoms with Crippen molar-refractivity contribution >= 4 is 5.95 Å². The Morgan fingerprint density at radius 2 is 1.53 bits per heavy atom. The lowest BCUT2D eigenvalue weighted by molar-refractivity contribution is -0.0611. The van der Waals surface area contributed by atoms with Gasteiger partial charge in [0.15, 0.2) is 0 Å². The molecule has 5 aliphatic rings. The maximum absolute atomic E-state index is 4.89. The molecule has 2 atom stereocenters. The molecule has 5 nitrogen and oxygen atoms in total. The van der Waals surface area contributed by atoms with Gasteiger partial charge in [-0.15, -0.1) is 0 Å². The highest BCUT2D eigenvalue weighted by atomic mass is 15.4. The van der Waals surface area contributed by atoms with Crippen LogP contribution in [0.3, 0.4) is 0 Å². The molecule has 3 saturated heterocycles. The van der Waals surface area contributed by atoms with Crippen molar-refractivity contribution in [3.63, 3.8) is 0 Å². The van der Waals surface area contributed by atoms with Gasteiger partial charge in [0.1, 0.15) is 0 Å². The van der Waals surface area contributed by atoms with E-state index in [0.29, 0.717) is 24.0 Å². The van der Waals surface area contributed by atoms with Gasteiger partial charge in [-0.05, 0) is 95.2 Å². The molecular weight excluding hydrogens is 370 g/mol. The Labute approximate surface area is 182 Å². The number of piperidine rings is 1. The quantitative estimate of drug-likeness (QED) is 0.750. The van der Waals surface area contributed by atoms with E-state index in [0.717, 1.165) is 17.4 Å². The molecular formula is C25H39N5. The maximum atomic E-state index is 4.89. The third kappa shape index (κ3) is 3.28. The summed E-state index contributed by atoms with van der Waals surface area (Å²) in [4.78, 5) is 17.7. The molecule has 164 valence electrons. The monoisotopic (exact) mass is 409 g/mol. The van der Waals surface area contributed by atoms with Crippen LogP contribution in [-0.4, -0.2) is 70.1 Å². The van der Waals surface area contributed by atoms with Crippen LogP contribution < -0.4 is 4.90 Å². The lowest BCUT2D eigenvalue weighted by Gasteiger charge is -2.58. The summed E-state index contributed by atoms with van der Waals surface area (Å²) >= 11 is 0. The van der Waals surface area contributed by atoms with Crippen molar-refractivity contribution in [1.82, 2.24) is 19.8 Å². The molecule has 0 amide bonds. The summed E-state index contributed by atoms with van der Waals surface area (Å²) in [6.07, 6.45) is 16.9. The fourth-order valence-corrected chi connectivity index (χ4v) is 7.24. The van der Waals surface area contributed by atoms with E-state index in [-0.39, 0.29) is 0 Å². The number of hydrogen-bond donors (Lipinski definition) is 0. The van der Waals surface area contributed by atoms with Crippen molar-refractivity contribution in [3.8, 4) is 0 Å². The van der Waals surface area contributed by atoms with Gasteiger partial charge < -0.3 is 9.80 Å². The average Bonchev–Trinajstić information content (AvgIpc) is 2.95. The van der Waals surface area contributed by atoms with Crippen LogP contribution in [0.2, 0.25) is 0 Å². The second-order valence-corrected chi connectivity index (χ2v) is 11.4. The van der Waals surface area contributed by atoms with Gasteiger partial charge in [0, 0.05) is 49.7 Å². The molecule has 2 bridgehead atoms. The number of nitrogens with zero attached hydrogens (tertiary/aromatic N) is 5. The number of fused-ring (bicyclic) bond motifs is 2. The number of hydrogen-bond acceptors (Lipinski definition) is 5. The van der Waals surface area contributed by atoms with Crippen molar-refractivity contribution in [2.45, 2.75) is 102 Å². The summed E-state index contributed by atoms with van der Waals surface area (Å²) in [6, 6.07) is 2.73. The van der Waals surface area contributed by atoms with E-state index >= 15 is 0 Å². The van der Waals surface area contributed by atoms with Crippen LogP contribution >= 0.6 is 0 Å². The van der Waals surface area contributed by atoms with Crippen molar-refractivity contribution < 1.29 is 0 Å². The summed E-state index contributed by atoms with van der Waals surface area (Å²) in [5.74, 6) is 1.63. The van der Waals surface area contributed by atoms with E-state index in [4.69, 9.17) is 9.97 Å². The van der Waals surface area contributed by atoms with Crippen LogP contribution in [0.5, 0.6) is 0 Å². The summed E-state index contributed by atoms with van der Waals surface area (Å²) in [5, 5.41) is 0. The molecule has 0 aromatic carbocycles. The van der Waals surface area contributed by atoms with Crippen molar-refractivity contribution in [2.75, 3.05) is 31.1 Å². The van der Waals surface area contributed by atoms with Crippen LogP contribution in [0.15, 0.2) is 12.4 Å². The fourth-order valence-electron chi connectivity index (χ4n) is 7.24. The van der Waals surface area contributed by atoms with Crippen LogP contribution in [0.4, 0.5) is 5.95 Å². The maximum Gasteiger partial charge on any atom is 0.225 e. The second kappa shape index (κ2) is 7.44. The molecule has 1 spiro atoms. The molecule has 1 aromatic rings. The van der Waals surface area contributed by atoms with Gasteiger partial charge in [0.2, 0.25) is 5.95 Å². The minimum Gasteiger partial charge on any atom is -0.332 e. The van der Waals surface area contributed by atoms with Crippen molar-refractivity contribution in [2.24, 2.45) is 5.41 Å². The smallest absolute Gasteiger partial charge is 0.225 e. The Bertz CT molecular complexity index is 727. The Balaban J connectivity index is 1.05. The molecule has 2 unspecified atom stereocenters. The SMILES string of the molecule is CC(C)N1CC2CCC(C1)N2c1ncc(C2CCN(C3CC4(CCC4)C3)CC2)cn1. The number of rotatable bonds is 4. The van der Waals surface area contributed by atoms with E-state index in [1.54, 1.807) is 0 Å². The van der Waals surface area contributed by atoms with E-state index in [1.807, 2.05) is 0 Å². The molecule has 0 N–H and O–H groups in total. The van der Waals surface area contributed by atoms with Gasteiger partial charge in [-0.2, -0.15) is 0 Å². The highest BCUT2D eigenvalue weighted by molar-refractivity contribution is 5.38. The Kier molecular flexibility index (Phi) is 4.83. The summed E-state index contributed by atoms with van der Waals surface area (Å²) in [5.41, 5.74) is 2.17. The first-order chi connectivity index (χ1) is 14.6. The van der Waals surface area contributed by atoms with E-state index < -0.39 is 0 Å². The van der Waals surface area contributed by atoms with Crippen LogP contribution in [0.1, 0.15) is 83.1 Å². The van der Waals surface area contributed by atoms with Gasteiger partial charge >= 0.3 is 0 Å². The molecule has 3 aliphatic heterocycles. The lowest BCUT2D eigenvalue weighted by atomic mass is 9.53. The highest BCUT2D eigenvalue weighted by Crippen LogP contribution is 2.57. The second-order valence-electron chi connectivity index (χ2n) is 11.4. The topological polar surface area (TPSA) is 35.5 Å². The zero-order valence-electron chi connectivity index (χ0n) is 19.0. The third-order valence-corrected chi connectivity index (χ3v) is 9.40. The zero-order chi connectivity index (χ0) is 20.3. The Morgan fingerprint density at radius 3 is 2.07 bits per heavy atom. The third-order valence-electron chi connectivity index (χ3n) is 9.40. The standard InChI is InChI=1S/C25H39N5/c1-18(2)29-16-21-4-5-22(17-29)30(21)24-26-14-20(15-27-24)19-6-10-28(11-7-19)23-12-25(13-23)8-3-9-25/h14-15,18-19,21-23H,3-13,16-17H2,1-2H3. The van der Waals surface area contributed by atoms with Gasteiger partial charge in [0.25, 0.3) is 0 Å². The minimum absolute atomic E-state index is 0.599. The predicted octanol–water partition coefficient (Wildman–Crippen LogP) is 4.05. The predicted molar refractivity (Wildman–Crippen MR) is 121 cm³/mol. The first kappa shape index (κ1) is 19.5.